The van der Waals surface area contributed by atoms with Gasteiger partial charge in [-0.05, 0) is 47.2 Å². The van der Waals surface area contributed by atoms with Crippen molar-refractivity contribution in [2.45, 2.75) is 44.9 Å². The summed E-state index contributed by atoms with van der Waals surface area (Å²) in [7, 11) is 0. The summed E-state index contributed by atoms with van der Waals surface area (Å²) in [5.41, 5.74) is 1.41. The highest BCUT2D eigenvalue weighted by molar-refractivity contribution is 7.07. The maximum atomic E-state index is 12.3. The van der Waals surface area contributed by atoms with Crippen molar-refractivity contribution in [2.75, 3.05) is 13.1 Å². The third kappa shape index (κ3) is 3.13. The van der Waals surface area contributed by atoms with E-state index in [0.29, 0.717) is 12.0 Å². The molecular formula is C18H24N4OS. The molecule has 1 amide bonds. The Morgan fingerprint density at radius 1 is 1.46 bits per heavy atom. The van der Waals surface area contributed by atoms with E-state index in [2.05, 4.69) is 31.7 Å². The number of carbonyl (C=O) groups is 1. The zero-order valence-corrected chi connectivity index (χ0v) is 14.9. The minimum Gasteiger partial charge on any atom is -0.335 e. The van der Waals surface area contributed by atoms with Gasteiger partial charge in [-0.25, -0.2) is 0 Å². The van der Waals surface area contributed by atoms with Crippen molar-refractivity contribution in [2.24, 2.45) is 5.92 Å². The number of fused-ring (bicyclic) bond motifs is 1. The zero-order valence-electron chi connectivity index (χ0n) is 14.0. The molecule has 0 aliphatic carbocycles. The molecule has 4 rings (SSSR count). The maximum Gasteiger partial charge on any atom is 0.220 e. The van der Waals surface area contributed by atoms with Gasteiger partial charge >= 0.3 is 0 Å². The summed E-state index contributed by atoms with van der Waals surface area (Å²) in [5, 5.41) is 8.71. The average Bonchev–Trinajstić information content (AvgIpc) is 3.27. The molecule has 0 aromatic carbocycles. The minimum atomic E-state index is 0.214. The van der Waals surface area contributed by atoms with Gasteiger partial charge in [0.1, 0.15) is 0 Å². The minimum absolute atomic E-state index is 0.214. The molecule has 2 aromatic heterocycles. The third-order valence-electron chi connectivity index (χ3n) is 5.41. The van der Waals surface area contributed by atoms with E-state index >= 15 is 0 Å². The average molecular weight is 344 g/mol. The van der Waals surface area contributed by atoms with Gasteiger partial charge in [-0.15, -0.1) is 0 Å². The fraction of sp³-hybridized carbons (Fsp3) is 0.556. The number of thiophene rings is 1. The van der Waals surface area contributed by atoms with Gasteiger partial charge in [0.25, 0.3) is 0 Å². The van der Waals surface area contributed by atoms with Crippen LogP contribution in [0, 0.1) is 5.92 Å². The lowest BCUT2D eigenvalue weighted by atomic mass is 9.92. The molecule has 4 heterocycles. The van der Waals surface area contributed by atoms with Crippen LogP contribution in [0.3, 0.4) is 0 Å². The molecule has 0 spiro atoms. The van der Waals surface area contributed by atoms with Gasteiger partial charge in [0.05, 0.1) is 12.6 Å². The van der Waals surface area contributed by atoms with E-state index < -0.39 is 0 Å². The number of piperidine rings is 1. The molecule has 5 nitrogen and oxygen atoms in total. The quantitative estimate of drug-likeness (QED) is 0.855. The van der Waals surface area contributed by atoms with Crippen LogP contribution < -0.4 is 0 Å². The largest absolute Gasteiger partial charge is 0.335 e. The summed E-state index contributed by atoms with van der Waals surface area (Å²) in [4.78, 5) is 17.0. The van der Waals surface area contributed by atoms with Gasteiger partial charge in [0.2, 0.25) is 5.91 Å². The number of hydrogen-bond acceptors (Lipinski definition) is 4. The second kappa shape index (κ2) is 6.69. The number of likely N-dealkylation sites (tertiary alicyclic amines) is 2. The summed E-state index contributed by atoms with van der Waals surface area (Å²) in [6, 6.07) is 4.84. The lowest BCUT2D eigenvalue weighted by Gasteiger charge is -2.38. The SMILES string of the molecule is CC(=O)N1[C@@H](Cn2cccn2)C[C@@H]2CN(Cc3ccsc3)CC[C@@H]21. The Kier molecular flexibility index (Phi) is 4.41. The van der Waals surface area contributed by atoms with E-state index in [1.807, 2.05) is 23.1 Å². The van der Waals surface area contributed by atoms with Gasteiger partial charge in [-0.2, -0.15) is 16.4 Å². The molecule has 0 saturated carbocycles. The zero-order chi connectivity index (χ0) is 16.5. The Hall–Kier alpha value is -1.66. The Morgan fingerprint density at radius 3 is 3.08 bits per heavy atom. The topological polar surface area (TPSA) is 41.4 Å². The van der Waals surface area contributed by atoms with Crippen LogP contribution in [-0.4, -0.2) is 50.7 Å². The van der Waals surface area contributed by atoms with Crippen molar-refractivity contribution in [3.8, 4) is 0 Å². The standard InChI is InChI=1S/C18H24N4OS/c1-14(23)22-17(12-21-6-2-5-19-21)9-16-11-20(7-3-18(16)22)10-15-4-8-24-13-15/h2,4-6,8,13,16-18H,3,7,9-12H2,1H3/t16-,17-,18+/m1/s1. The first-order chi connectivity index (χ1) is 11.7. The van der Waals surface area contributed by atoms with Crippen LogP contribution >= 0.6 is 11.3 Å². The monoisotopic (exact) mass is 344 g/mol. The van der Waals surface area contributed by atoms with Crippen LogP contribution in [0.2, 0.25) is 0 Å². The van der Waals surface area contributed by atoms with E-state index in [0.717, 1.165) is 39.0 Å². The predicted molar refractivity (Wildman–Crippen MR) is 94.6 cm³/mol. The van der Waals surface area contributed by atoms with Gasteiger partial charge in [0.15, 0.2) is 0 Å². The van der Waals surface area contributed by atoms with Gasteiger partial charge in [0, 0.05) is 45.0 Å². The molecule has 2 aliphatic heterocycles. The van der Waals surface area contributed by atoms with Crippen molar-refractivity contribution in [3.63, 3.8) is 0 Å². The van der Waals surface area contributed by atoms with Crippen molar-refractivity contribution >= 4 is 17.2 Å². The molecule has 6 heteroatoms. The second-order valence-electron chi connectivity index (χ2n) is 7.03. The molecule has 2 saturated heterocycles. The number of hydrogen-bond donors (Lipinski definition) is 0. The first-order valence-corrected chi connectivity index (χ1v) is 9.65. The van der Waals surface area contributed by atoms with Gasteiger partial charge in [-0.1, -0.05) is 0 Å². The first-order valence-electron chi connectivity index (χ1n) is 8.70. The van der Waals surface area contributed by atoms with Gasteiger partial charge in [-0.3, -0.25) is 14.4 Å². The number of aromatic nitrogens is 2. The molecule has 2 aliphatic rings. The molecule has 3 atom stereocenters. The normalized spacial score (nSPS) is 27.4. The van der Waals surface area contributed by atoms with Crippen molar-refractivity contribution in [1.82, 2.24) is 19.6 Å². The summed E-state index contributed by atoms with van der Waals surface area (Å²) in [5.74, 6) is 0.799. The number of amides is 1. The Morgan fingerprint density at radius 2 is 2.38 bits per heavy atom. The van der Waals surface area contributed by atoms with E-state index in [4.69, 9.17) is 0 Å². The highest BCUT2D eigenvalue weighted by Gasteiger charge is 2.45. The Labute approximate surface area is 146 Å². The summed E-state index contributed by atoms with van der Waals surface area (Å²) in [6.07, 6.45) is 5.97. The number of carbonyl (C=O) groups excluding carboxylic acids is 1. The fourth-order valence-corrected chi connectivity index (χ4v) is 5.15. The summed E-state index contributed by atoms with van der Waals surface area (Å²) >= 11 is 1.77. The summed E-state index contributed by atoms with van der Waals surface area (Å²) < 4.78 is 1.96. The van der Waals surface area contributed by atoms with Crippen LogP contribution in [0.5, 0.6) is 0 Å². The number of nitrogens with zero attached hydrogens (tertiary/aromatic N) is 4. The van der Waals surface area contributed by atoms with Crippen LogP contribution in [0.1, 0.15) is 25.3 Å². The van der Waals surface area contributed by atoms with Crippen LogP contribution in [0.25, 0.3) is 0 Å². The molecular weight excluding hydrogens is 320 g/mol. The molecule has 0 unspecified atom stereocenters. The highest BCUT2D eigenvalue weighted by Crippen LogP contribution is 2.36. The molecule has 0 bridgehead atoms. The lowest BCUT2D eigenvalue weighted by Crippen LogP contribution is -2.48. The van der Waals surface area contributed by atoms with E-state index in [-0.39, 0.29) is 11.9 Å². The van der Waals surface area contributed by atoms with Crippen LogP contribution in [0.15, 0.2) is 35.3 Å². The fourth-order valence-electron chi connectivity index (χ4n) is 4.49. The van der Waals surface area contributed by atoms with Crippen LogP contribution in [-0.2, 0) is 17.9 Å². The Bertz CT molecular complexity index is 669. The van der Waals surface area contributed by atoms with Crippen molar-refractivity contribution in [1.29, 1.82) is 0 Å². The van der Waals surface area contributed by atoms with Crippen LogP contribution in [0.4, 0.5) is 0 Å². The smallest absolute Gasteiger partial charge is 0.220 e. The number of rotatable bonds is 4. The molecule has 24 heavy (non-hydrogen) atoms. The van der Waals surface area contributed by atoms with Crippen molar-refractivity contribution < 1.29 is 4.79 Å². The van der Waals surface area contributed by atoms with Crippen molar-refractivity contribution in [3.05, 3.63) is 40.8 Å². The molecule has 128 valence electrons. The first kappa shape index (κ1) is 15.8. The molecule has 2 aromatic rings. The molecule has 2 fully saturated rings. The molecule has 0 radical (unpaired) electrons. The maximum absolute atomic E-state index is 12.3. The third-order valence-corrected chi connectivity index (χ3v) is 6.14. The Balaban J connectivity index is 1.45. The second-order valence-corrected chi connectivity index (χ2v) is 7.81. The van der Waals surface area contributed by atoms with Gasteiger partial charge < -0.3 is 4.90 Å². The molecule has 0 N–H and O–H groups in total. The lowest BCUT2D eigenvalue weighted by molar-refractivity contribution is -0.133. The van der Waals surface area contributed by atoms with E-state index in [1.165, 1.54) is 5.56 Å². The van der Waals surface area contributed by atoms with E-state index in [9.17, 15) is 4.79 Å². The predicted octanol–water partition coefficient (Wildman–Crippen LogP) is 2.46. The van der Waals surface area contributed by atoms with E-state index in [1.54, 1.807) is 18.3 Å². The highest BCUT2D eigenvalue weighted by atomic mass is 32.1. The summed E-state index contributed by atoms with van der Waals surface area (Å²) in [6.45, 7) is 5.74.